The van der Waals surface area contributed by atoms with Gasteiger partial charge in [0, 0.05) is 25.1 Å². The number of aromatic carboxylic acids is 1. The number of carbonyl (C=O) groups excluding carboxylic acids is 1. The topological polar surface area (TPSA) is 98.3 Å². The summed E-state index contributed by atoms with van der Waals surface area (Å²) in [5, 5.41) is 12.3. The standard InChI is InChI=1S/C18H18N4O3/c23-17(14-5-2-7-19-14)22-8-6-13-15(10-22)21-16(20-13)11-3-1-4-12(9-11)18(24)25/h1-5,9,14,19H,6-8,10H2,(H,20,21)(H,24,25)/t14-/m1/s1. The summed E-state index contributed by atoms with van der Waals surface area (Å²) < 4.78 is 0. The van der Waals surface area contributed by atoms with Gasteiger partial charge in [-0.3, -0.25) is 10.1 Å². The molecule has 1 atom stereocenters. The molecule has 7 heteroatoms. The van der Waals surface area contributed by atoms with E-state index in [1.54, 1.807) is 18.2 Å². The minimum atomic E-state index is -0.966. The number of imidazole rings is 1. The van der Waals surface area contributed by atoms with Crippen LogP contribution in [0.1, 0.15) is 21.7 Å². The summed E-state index contributed by atoms with van der Waals surface area (Å²) in [4.78, 5) is 33.3. The molecule has 0 saturated heterocycles. The van der Waals surface area contributed by atoms with Crippen molar-refractivity contribution in [2.24, 2.45) is 0 Å². The summed E-state index contributed by atoms with van der Waals surface area (Å²) in [6.07, 6.45) is 4.54. The molecule has 25 heavy (non-hydrogen) atoms. The highest BCUT2D eigenvalue weighted by Crippen LogP contribution is 2.24. The van der Waals surface area contributed by atoms with E-state index < -0.39 is 5.97 Å². The zero-order valence-corrected chi connectivity index (χ0v) is 13.5. The number of fused-ring (bicyclic) bond motifs is 1. The number of aromatic amines is 1. The molecule has 0 saturated carbocycles. The zero-order valence-electron chi connectivity index (χ0n) is 13.5. The Morgan fingerprint density at radius 1 is 1.32 bits per heavy atom. The third kappa shape index (κ3) is 2.94. The summed E-state index contributed by atoms with van der Waals surface area (Å²) in [5.41, 5.74) is 2.81. The summed E-state index contributed by atoms with van der Waals surface area (Å²) in [6.45, 7) is 1.85. The Bertz CT molecular complexity index is 871. The molecule has 2 aliphatic heterocycles. The quantitative estimate of drug-likeness (QED) is 0.730. The van der Waals surface area contributed by atoms with E-state index in [4.69, 9.17) is 5.11 Å². The molecule has 0 aliphatic carbocycles. The van der Waals surface area contributed by atoms with Gasteiger partial charge < -0.3 is 15.0 Å². The van der Waals surface area contributed by atoms with Gasteiger partial charge in [0.15, 0.2) is 0 Å². The number of hydrogen-bond acceptors (Lipinski definition) is 4. The van der Waals surface area contributed by atoms with Crippen LogP contribution in [0.3, 0.4) is 0 Å². The van der Waals surface area contributed by atoms with Crippen molar-refractivity contribution in [3.8, 4) is 11.4 Å². The first-order valence-electron chi connectivity index (χ1n) is 8.22. The van der Waals surface area contributed by atoms with Gasteiger partial charge in [0.2, 0.25) is 5.91 Å². The predicted molar refractivity (Wildman–Crippen MR) is 91.0 cm³/mol. The van der Waals surface area contributed by atoms with E-state index in [1.807, 2.05) is 23.1 Å². The fourth-order valence-electron chi connectivity index (χ4n) is 3.25. The van der Waals surface area contributed by atoms with Crippen molar-refractivity contribution >= 4 is 11.9 Å². The molecule has 1 aromatic heterocycles. The van der Waals surface area contributed by atoms with Crippen molar-refractivity contribution in [3.05, 3.63) is 53.4 Å². The third-order valence-corrected chi connectivity index (χ3v) is 4.58. The van der Waals surface area contributed by atoms with E-state index in [9.17, 15) is 9.59 Å². The number of carboxylic acid groups (broad SMARTS) is 1. The van der Waals surface area contributed by atoms with Crippen molar-refractivity contribution in [2.45, 2.75) is 19.0 Å². The molecular formula is C18H18N4O3. The molecule has 0 fully saturated rings. The Balaban J connectivity index is 1.56. The van der Waals surface area contributed by atoms with Gasteiger partial charge in [-0.1, -0.05) is 24.3 Å². The average Bonchev–Trinajstić information content (AvgIpc) is 3.30. The Hall–Kier alpha value is -2.93. The van der Waals surface area contributed by atoms with E-state index in [2.05, 4.69) is 15.3 Å². The number of aromatic nitrogens is 2. The summed E-state index contributed by atoms with van der Waals surface area (Å²) in [5.74, 6) is -0.253. The minimum Gasteiger partial charge on any atom is -0.478 e. The molecule has 2 aliphatic rings. The number of carbonyl (C=O) groups is 2. The first-order chi connectivity index (χ1) is 12.1. The lowest BCUT2D eigenvalue weighted by Crippen LogP contribution is -2.45. The van der Waals surface area contributed by atoms with Gasteiger partial charge in [0.05, 0.1) is 23.5 Å². The zero-order chi connectivity index (χ0) is 17.4. The molecule has 0 bridgehead atoms. The van der Waals surface area contributed by atoms with Gasteiger partial charge in [-0.2, -0.15) is 0 Å². The first kappa shape index (κ1) is 15.6. The van der Waals surface area contributed by atoms with Crippen LogP contribution in [0, 0.1) is 0 Å². The van der Waals surface area contributed by atoms with E-state index >= 15 is 0 Å². The third-order valence-electron chi connectivity index (χ3n) is 4.58. The molecule has 0 unspecified atom stereocenters. The largest absolute Gasteiger partial charge is 0.478 e. The minimum absolute atomic E-state index is 0.0726. The Labute approximate surface area is 144 Å². The molecule has 3 heterocycles. The van der Waals surface area contributed by atoms with E-state index in [-0.39, 0.29) is 17.5 Å². The normalized spacial score (nSPS) is 19.0. The molecule has 2 aromatic rings. The van der Waals surface area contributed by atoms with Gasteiger partial charge in [0.25, 0.3) is 0 Å². The lowest BCUT2D eigenvalue weighted by Gasteiger charge is -2.28. The lowest BCUT2D eigenvalue weighted by molar-refractivity contribution is -0.133. The smallest absolute Gasteiger partial charge is 0.335 e. The molecular weight excluding hydrogens is 320 g/mol. The van der Waals surface area contributed by atoms with Gasteiger partial charge >= 0.3 is 5.97 Å². The molecule has 0 spiro atoms. The van der Waals surface area contributed by atoms with Crippen LogP contribution in [0.2, 0.25) is 0 Å². The van der Waals surface area contributed by atoms with Crippen LogP contribution in [-0.2, 0) is 17.8 Å². The van der Waals surface area contributed by atoms with Gasteiger partial charge in [-0.25, -0.2) is 9.78 Å². The van der Waals surface area contributed by atoms with Crippen LogP contribution in [-0.4, -0.2) is 51.0 Å². The molecule has 128 valence electrons. The molecule has 4 rings (SSSR count). The fraction of sp³-hybridized carbons (Fsp3) is 0.278. The highest BCUT2D eigenvalue weighted by molar-refractivity contribution is 5.89. The van der Waals surface area contributed by atoms with Crippen LogP contribution in [0.15, 0.2) is 36.4 Å². The Morgan fingerprint density at radius 2 is 2.20 bits per heavy atom. The van der Waals surface area contributed by atoms with E-state index in [1.165, 1.54) is 0 Å². The van der Waals surface area contributed by atoms with Gasteiger partial charge in [-0.15, -0.1) is 0 Å². The summed E-state index contributed by atoms with van der Waals surface area (Å²) in [7, 11) is 0. The maximum Gasteiger partial charge on any atom is 0.335 e. The van der Waals surface area contributed by atoms with Crippen LogP contribution < -0.4 is 5.32 Å². The van der Waals surface area contributed by atoms with Crippen molar-refractivity contribution in [1.29, 1.82) is 0 Å². The lowest BCUT2D eigenvalue weighted by atomic mass is 10.1. The van der Waals surface area contributed by atoms with E-state index in [0.717, 1.165) is 23.5 Å². The fourth-order valence-corrected chi connectivity index (χ4v) is 3.25. The second-order valence-corrected chi connectivity index (χ2v) is 6.22. The molecule has 7 nitrogen and oxygen atoms in total. The van der Waals surface area contributed by atoms with Crippen molar-refractivity contribution < 1.29 is 14.7 Å². The maximum absolute atomic E-state index is 12.5. The molecule has 1 aromatic carbocycles. The number of nitrogens with zero attached hydrogens (tertiary/aromatic N) is 2. The van der Waals surface area contributed by atoms with Gasteiger partial charge in [0.1, 0.15) is 11.9 Å². The van der Waals surface area contributed by atoms with Crippen molar-refractivity contribution in [1.82, 2.24) is 20.2 Å². The number of benzene rings is 1. The average molecular weight is 338 g/mol. The number of H-pyrrole nitrogens is 1. The molecule has 3 N–H and O–H groups in total. The molecule has 1 amide bonds. The van der Waals surface area contributed by atoms with Crippen LogP contribution in [0.25, 0.3) is 11.4 Å². The first-order valence-corrected chi connectivity index (χ1v) is 8.22. The highest BCUT2D eigenvalue weighted by Gasteiger charge is 2.28. The molecule has 0 radical (unpaired) electrons. The van der Waals surface area contributed by atoms with Gasteiger partial charge in [-0.05, 0) is 12.1 Å². The number of amides is 1. The Morgan fingerprint density at radius 3 is 2.96 bits per heavy atom. The number of hydrogen-bond donors (Lipinski definition) is 3. The summed E-state index contributed by atoms with van der Waals surface area (Å²) in [6, 6.07) is 6.44. The van der Waals surface area contributed by atoms with Crippen LogP contribution in [0.5, 0.6) is 0 Å². The second kappa shape index (κ2) is 6.18. The number of carboxylic acids is 1. The predicted octanol–water partition coefficient (Wildman–Crippen LogP) is 1.19. The van der Waals surface area contributed by atoms with Crippen molar-refractivity contribution in [3.63, 3.8) is 0 Å². The maximum atomic E-state index is 12.5. The summed E-state index contributed by atoms with van der Waals surface area (Å²) >= 11 is 0. The highest BCUT2D eigenvalue weighted by atomic mass is 16.4. The van der Waals surface area contributed by atoms with Crippen LogP contribution in [0.4, 0.5) is 0 Å². The van der Waals surface area contributed by atoms with Crippen LogP contribution >= 0.6 is 0 Å². The monoisotopic (exact) mass is 338 g/mol. The number of rotatable bonds is 3. The second-order valence-electron chi connectivity index (χ2n) is 6.22. The van der Waals surface area contributed by atoms with E-state index in [0.29, 0.717) is 25.3 Å². The Kier molecular flexibility index (Phi) is 3.85. The van der Waals surface area contributed by atoms with Crippen molar-refractivity contribution in [2.75, 3.05) is 13.1 Å². The number of nitrogens with one attached hydrogen (secondary N) is 2. The SMILES string of the molecule is O=C(O)c1cccc(-c2nc3c([nH]2)CN(C(=O)[C@H]2C=CCN2)CC3)c1.